The largest absolute Gasteiger partial charge is 0.490 e. The normalized spacial score (nSPS) is 34.7. The minimum Gasteiger partial charge on any atom is -0.490 e. The smallest absolute Gasteiger partial charge is 0.264 e. The van der Waals surface area contributed by atoms with Gasteiger partial charge < -0.3 is 19.1 Å². The average Bonchev–Trinajstić information content (AvgIpc) is 3.97. The molecule has 314 valence electrons. The lowest BCUT2D eigenvalue weighted by molar-refractivity contribution is -0.108. The zero-order chi connectivity index (χ0) is 40.4. The Balaban J connectivity index is 1.05. The Morgan fingerprint density at radius 3 is 2.73 bits per heavy atom. The fraction of sp³-hybridized carbons (Fsp3) is 0.553. The molecule has 2 bridgehead atoms. The van der Waals surface area contributed by atoms with Crippen LogP contribution < -0.4 is 14.4 Å². The van der Waals surface area contributed by atoms with Gasteiger partial charge in [-0.1, -0.05) is 60.2 Å². The predicted octanol–water partition coefficient (Wildman–Crippen LogP) is 6.26. The quantitative estimate of drug-likeness (QED) is 0.299. The molecule has 0 aromatic heterocycles. The van der Waals surface area contributed by atoms with Crippen molar-refractivity contribution in [2.75, 3.05) is 77.6 Å². The third kappa shape index (κ3) is 7.21. The van der Waals surface area contributed by atoms with Crippen LogP contribution >= 0.6 is 11.6 Å². The molecule has 0 unspecified atom stereocenters. The van der Waals surface area contributed by atoms with Crippen molar-refractivity contribution in [1.82, 2.24) is 14.5 Å². The number of aryl methyl sites for hydroxylation is 1. The van der Waals surface area contributed by atoms with E-state index in [1.165, 1.54) is 11.1 Å². The van der Waals surface area contributed by atoms with Gasteiger partial charge in [-0.05, 0) is 116 Å². The third-order valence-electron chi connectivity index (χ3n) is 15.3. The Morgan fingerprint density at radius 2 is 1.90 bits per heavy atom. The number of allylic oxidation sites excluding steroid dienone is 1. The van der Waals surface area contributed by atoms with Crippen LogP contribution in [0.4, 0.5) is 5.69 Å². The van der Waals surface area contributed by atoms with Gasteiger partial charge in [0, 0.05) is 75.0 Å². The number of nitrogens with one attached hydrogen (secondary N) is 1. The Labute approximate surface area is 354 Å². The van der Waals surface area contributed by atoms with Crippen LogP contribution in [-0.4, -0.2) is 113 Å². The number of carbonyl (C=O) groups is 1. The van der Waals surface area contributed by atoms with Crippen LogP contribution in [0.1, 0.15) is 65.6 Å². The second kappa shape index (κ2) is 15.5. The molecule has 7 atom stereocenters. The topological polar surface area (TPSA) is 101 Å². The van der Waals surface area contributed by atoms with Gasteiger partial charge in [-0.25, -0.2) is 13.1 Å². The second-order valence-corrected chi connectivity index (χ2v) is 21.1. The molecule has 10 nitrogen and oxygen atoms in total. The summed E-state index contributed by atoms with van der Waals surface area (Å²) in [5, 5.41) is 0.746. The maximum Gasteiger partial charge on any atom is 0.264 e. The highest BCUT2D eigenvalue weighted by molar-refractivity contribution is 7.91. The molecule has 7 aliphatic rings. The predicted molar refractivity (Wildman–Crippen MR) is 230 cm³/mol. The molecule has 2 saturated heterocycles. The zero-order valence-electron chi connectivity index (χ0n) is 34.1. The highest BCUT2D eigenvalue weighted by Gasteiger charge is 2.63. The highest BCUT2D eigenvalue weighted by atomic mass is 35.5. The Hall–Kier alpha value is -3.45. The molecule has 1 spiro atoms. The number of morpholine rings is 1. The maximum absolute atomic E-state index is 14.6. The summed E-state index contributed by atoms with van der Waals surface area (Å²) in [5.41, 5.74) is 3.79. The van der Waals surface area contributed by atoms with Gasteiger partial charge in [0.2, 0.25) is 10.0 Å². The van der Waals surface area contributed by atoms with Crippen LogP contribution in [0.5, 0.6) is 5.75 Å². The average molecular weight is 842 g/mol. The molecule has 4 heterocycles. The first-order valence-electron chi connectivity index (χ1n) is 21.8. The van der Waals surface area contributed by atoms with Gasteiger partial charge in [-0.15, -0.1) is 0 Å². The van der Waals surface area contributed by atoms with Gasteiger partial charge >= 0.3 is 0 Å². The SMILES string of the molecule is CO[C@@]1(CN2CCN3CCOC[C@@H]3C2)/C=C/C[C@@H]2C[C@@]2(Cc2ccccc2)S(=O)(=O)NC(=O)c2ccc3c(c2)N(C[C@@H]2CC[C@H]21)C[C@@]1(CCCc2cc(Cl)ccc21)CO3. The van der Waals surface area contributed by atoms with Gasteiger partial charge in [0.15, 0.2) is 0 Å². The van der Waals surface area contributed by atoms with Crippen molar-refractivity contribution in [1.29, 1.82) is 0 Å². The molecule has 3 aliphatic carbocycles. The summed E-state index contributed by atoms with van der Waals surface area (Å²) in [5.74, 6) is 0.522. The van der Waals surface area contributed by atoms with Crippen LogP contribution in [0.15, 0.2) is 78.9 Å². The van der Waals surface area contributed by atoms with E-state index in [4.69, 9.17) is 25.8 Å². The van der Waals surface area contributed by atoms with E-state index in [9.17, 15) is 13.2 Å². The van der Waals surface area contributed by atoms with E-state index in [1.54, 1.807) is 6.07 Å². The van der Waals surface area contributed by atoms with Crippen LogP contribution in [0.3, 0.4) is 0 Å². The Morgan fingerprint density at radius 1 is 1.02 bits per heavy atom. The molecule has 0 radical (unpaired) electrons. The molecule has 59 heavy (non-hydrogen) atoms. The first-order chi connectivity index (χ1) is 28.6. The van der Waals surface area contributed by atoms with Crippen LogP contribution in [-0.2, 0) is 37.8 Å². The van der Waals surface area contributed by atoms with E-state index >= 15 is 0 Å². The maximum atomic E-state index is 14.6. The summed E-state index contributed by atoms with van der Waals surface area (Å²) in [4.78, 5) is 21.8. The van der Waals surface area contributed by atoms with E-state index < -0.39 is 26.3 Å². The Kier molecular flexibility index (Phi) is 10.4. The summed E-state index contributed by atoms with van der Waals surface area (Å²) >= 11 is 6.55. The lowest BCUT2D eigenvalue weighted by Crippen LogP contribution is -2.62. The molecule has 3 aromatic carbocycles. The summed E-state index contributed by atoms with van der Waals surface area (Å²) < 4.78 is 50.2. The standard InChI is InChI=1S/C47H57ClN4O6S/c1-56-46(31-50-19-20-51-21-22-57-29-39(51)28-50)18-6-10-37-26-47(37,25-33-7-3-2-4-8-33)59(54,55)49-44(53)35-12-16-43-42(24-35)52(27-36-11-14-41(36)46)30-45(32-58-43)17-5-9-34-23-38(48)13-15-40(34)45/h2-4,6-8,12-13,15-16,18,23-24,36-37,39,41H,5,9-11,14,17,19-22,25-32H2,1H3,(H,49,53)/b18-6+/t36-,37+,39-,41+,45-,46+,47+/m0/s1. The minimum atomic E-state index is -4.10. The molecule has 3 aromatic rings. The number of rotatable bonds is 5. The highest BCUT2D eigenvalue weighted by Crippen LogP contribution is 2.55. The third-order valence-corrected chi connectivity index (χ3v) is 17.7. The van der Waals surface area contributed by atoms with Crippen molar-refractivity contribution in [3.63, 3.8) is 0 Å². The van der Waals surface area contributed by atoms with Gasteiger partial charge in [0.05, 0.1) is 30.3 Å². The zero-order valence-corrected chi connectivity index (χ0v) is 35.7. The number of carbonyl (C=O) groups excluding carboxylic acids is 1. The first kappa shape index (κ1) is 39.7. The van der Waals surface area contributed by atoms with E-state index in [1.807, 2.05) is 55.6 Å². The molecule has 2 saturated carbocycles. The Bertz CT molecular complexity index is 2220. The summed E-state index contributed by atoms with van der Waals surface area (Å²) in [7, 11) is -2.22. The van der Waals surface area contributed by atoms with Crippen molar-refractivity contribution in [2.24, 2.45) is 17.8 Å². The summed E-state index contributed by atoms with van der Waals surface area (Å²) in [6.45, 7) is 8.20. The number of methoxy groups -OCH3 is 1. The van der Waals surface area contributed by atoms with Gasteiger partial charge in [0.1, 0.15) is 11.4 Å². The second-order valence-electron chi connectivity index (χ2n) is 18.6. The molecular weight excluding hydrogens is 784 g/mol. The number of ether oxygens (including phenoxy) is 3. The first-order valence-corrected chi connectivity index (χ1v) is 23.6. The molecule has 10 rings (SSSR count). The molecule has 4 aliphatic heterocycles. The van der Waals surface area contributed by atoms with E-state index in [0.29, 0.717) is 55.7 Å². The van der Waals surface area contributed by atoms with E-state index in [-0.39, 0.29) is 17.3 Å². The van der Waals surface area contributed by atoms with Crippen molar-refractivity contribution in [3.05, 3.63) is 106 Å². The number of anilines is 1. The summed E-state index contributed by atoms with van der Waals surface area (Å²) in [6, 6.07) is 21.9. The monoisotopic (exact) mass is 840 g/mol. The van der Waals surface area contributed by atoms with E-state index in [0.717, 1.165) is 101 Å². The number of halogens is 1. The molecule has 1 amide bonds. The number of fused-ring (bicyclic) bond motifs is 6. The molecule has 4 fully saturated rings. The molecular formula is C47H57ClN4O6S. The number of benzene rings is 3. The summed E-state index contributed by atoms with van der Waals surface area (Å²) in [6.07, 6.45) is 11.0. The lowest BCUT2D eigenvalue weighted by Gasteiger charge is -2.53. The number of hydrogen-bond donors (Lipinski definition) is 1. The molecule has 12 heteroatoms. The molecule has 1 N–H and O–H groups in total. The lowest BCUT2D eigenvalue weighted by atomic mass is 9.63. The van der Waals surface area contributed by atoms with Crippen LogP contribution in [0, 0.1) is 17.8 Å². The number of hydrogen-bond acceptors (Lipinski definition) is 9. The van der Waals surface area contributed by atoms with Crippen LogP contribution in [0.25, 0.3) is 0 Å². The van der Waals surface area contributed by atoms with E-state index in [2.05, 4.69) is 43.7 Å². The van der Waals surface area contributed by atoms with Crippen molar-refractivity contribution in [3.8, 4) is 5.75 Å². The van der Waals surface area contributed by atoms with Crippen molar-refractivity contribution in [2.45, 2.75) is 73.2 Å². The number of piperazine rings is 1. The van der Waals surface area contributed by atoms with Gasteiger partial charge in [0.25, 0.3) is 5.91 Å². The fourth-order valence-corrected chi connectivity index (χ4v) is 13.9. The van der Waals surface area contributed by atoms with Gasteiger partial charge in [-0.2, -0.15) is 0 Å². The number of amides is 1. The number of nitrogens with zero attached hydrogens (tertiary/aromatic N) is 3. The van der Waals surface area contributed by atoms with Crippen LogP contribution in [0.2, 0.25) is 5.02 Å². The van der Waals surface area contributed by atoms with Gasteiger partial charge in [-0.3, -0.25) is 14.6 Å². The number of sulfonamides is 1. The minimum absolute atomic E-state index is 0.146. The fourth-order valence-electron chi connectivity index (χ4n) is 11.8. The van der Waals surface area contributed by atoms with Crippen molar-refractivity contribution < 1.29 is 27.4 Å². The van der Waals surface area contributed by atoms with Crippen molar-refractivity contribution >= 4 is 33.2 Å².